The topological polar surface area (TPSA) is 56.3 Å². The van der Waals surface area contributed by atoms with Crippen molar-refractivity contribution in [3.63, 3.8) is 0 Å². The van der Waals surface area contributed by atoms with Crippen molar-refractivity contribution in [3.8, 4) is 22.8 Å². The Morgan fingerprint density at radius 1 is 1.13 bits per heavy atom. The summed E-state index contributed by atoms with van der Waals surface area (Å²) in [6.07, 6.45) is 3.23. The Kier molecular flexibility index (Phi) is 7.10. The predicted molar refractivity (Wildman–Crippen MR) is 117 cm³/mol. The van der Waals surface area contributed by atoms with Crippen LogP contribution in [0, 0.1) is 18.6 Å². The highest BCUT2D eigenvalue weighted by Gasteiger charge is 2.17. The van der Waals surface area contributed by atoms with E-state index in [2.05, 4.69) is 27.9 Å². The minimum Gasteiger partial charge on any atom is -0.493 e. The molecular weight excluding hydrogens is 408 g/mol. The van der Waals surface area contributed by atoms with Crippen molar-refractivity contribution in [1.29, 1.82) is 0 Å². The summed E-state index contributed by atoms with van der Waals surface area (Å²) in [5, 5.41) is 3.08. The molecule has 2 heterocycles. The lowest BCUT2D eigenvalue weighted by atomic mass is 10.1. The van der Waals surface area contributed by atoms with Gasteiger partial charge in [0.15, 0.2) is 5.82 Å². The Hall–Kier alpha value is -2.87. The summed E-state index contributed by atoms with van der Waals surface area (Å²) in [6.45, 7) is 4.17. The van der Waals surface area contributed by atoms with Crippen LogP contribution in [0.4, 0.5) is 20.4 Å². The zero-order chi connectivity index (χ0) is 21.7. The van der Waals surface area contributed by atoms with Crippen LogP contribution in [0.25, 0.3) is 11.3 Å². The lowest BCUT2D eigenvalue weighted by Crippen LogP contribution is -2.16. The van der Waals surface area contributed by atoms with Gasteiger partial charge in [0.2, 0.25) is 5.95 Å². The SMILES string of the molecule is CS.Cc1cc2cc(c1)O[C@H](C)CCOc1cc(F)ccc1-c1nc(ncc1F)N2. The van der Waals surface area contributed by atoms with Gasteiger partial charge in [-0.1, -0.05) is 0 Å². The van der Waals surface area contributed by atoms with Crippen LogP contribution >= 0.6 is 12.6 Å². The quantitative estimate of drug-likeness (QED) is 0.456. The number of hydrogen-bond acceptors (Lipinski definition) is 6. The second kappa shape index (κ2) is 9.75. The summed E-state index contributed by atoms with van der Waals surface area (Å²) in [7, 11) is 0. The van der Waals surface area contributed by atoms with Gasteiger partial charge in [-0.3, -0.25) is 0 Å². The Balaban J connectivity index is 0.00000124. The van der Waals surface area contributed by atoms with Gasteiger partial charge in [-0.05, 0) is 49.9 Å². The summed E-state index contributed by atoms with van der Waals surface area (Å²) in [5.41, 5.74) is 2.13. The second-order valence-corrected chi connectivity index (χ2v) is 6.76. The standard InChI is InChI=1S/C21H19F2N3O2.CH4S/c1-12-7-15-10-16(8-12)28-13(2)5-6-27-19-9-14(22)3-4-17(19)20-18(23)11-24-21(25-15)26-20;1-2/h3-4,7-11,13H,5-6H2,1-2H3,(H,24,25,26);2H,1H3/t13-;/m1./s1. The number of thiol groups is 1. The van der Waals surface area contributed by atoms with E-state index < -0.39 is 11.6 Å². The van der Waals surface area contributed by atoms with Gasteiger partial charge in [-0.15, -0.1) is 0 Å². The summed E-state index contributed by atoms with van der Waals surface area (Å²) < 4.78 is 39.9. The van der Waals surface area contributed by atoms with Crippen molar-refractivity contribution in [3.05, 3.63) is 59.8 Å². The number of ether oxygens (including phenoxy) is 2. The predicted octanol–water partition coefficient (Wildman–Crippen LogP) is 5.57. The Labute approximate surface area is 179 Å². The highest BCUT2D eigenvalue weighted by Crippen LogP contribution is 2.33. The van der Waals surface area contributed by atoms with E-state index >= 15 is 0 Å². The molecule has 3 aromatic rings. The molecule has 4 rings (SSSR count). The van der Waals surface area contributed by atoms with Gasteiger partial charge in [-0.2, -0.15) is 12.6 Å². The van der Waals surface area contributed by atoms with Crippen molar-refractivity contribution in [1.82, 2.24) is 9.97 Å². The number of aryl methyl sites for hydroxylation is 1. The minimum atomic E-state index is -0.615. The van der Waals surface area contributed by atoms with Gasteiger partial charge in [-0.25, -0.2) is 18.7 Å². The Morgan fingerprint density at radius 3 is 2.73 bits per heavy atom. The molecular formula is C22H23F2N3O2S. The molecule has 2 aromatic carbocycles. The van der Waals surface area contributed by atoms with Crippen LogP contribution in [-0.2, 0) is 0 Å². The van der Waals surface area contributed by atoms with Crippen LogP contribution in [0.15, 0.2) is 42.6 Å². The molecule has 5 nitrogen and oxygen atoms in total. The molecule has 0 aliphatic carbocycles. The number of fused-ring (bicyclic) bond motifs is 6. The van der Waals surface area contributed by atoms with Crippen LogP contribution in [0.2, 0.25) is 0 Å². The average Bonchev–Trinajstić information content (AvgIpc) is 2.70. The van der Waals surface area contributed by atoms with Crippen LogP contribution < -0.4 is 14.8 Å². The van der Waals surface area contributed by atoms with E-state index in [1.165, 1.54) is 18.2 Å². The fourth-order valence-corrected chi connectivity index (χ4v) is 3.07. The summed E-state index contributed by atoms with van der Waals surface area (Å²) >= 11 is 3.53. The molecule has 4 bridgehead atoms. The number of nitrogens with one attached hydrogen (secondary N) is 1. The molecule has 30 heavy (non-hydrogen) atoms. The molecule has 1 aliphatic heterocycles. The van der Waals surface area contributed by atoms with Crippen molar-refractivity contribution >= 4 is 24.3 Å². The summed E-state index contributed by atoms with van der Waals surface area (Å²) in [4.78, 5) is 8.30. The largest absolute Gasteiger partial charge is 0.493 e. The monoisotopic (exact) mass is 431 g/mol. The van der Waals surface area contributed by atoms with Crippen molar-refractivity contribution in [2.75, 3.05) is 18.2 Å². The minimum absolute atomic E-state index is 0.0433. The van der Waals surface area contributed by atoms with Gasteiger partial charge < -0.3 is 14.8 Å². The van der Waals surface area contributed by atoms with Crippen LogP contribution in [0.3, 0.4) is 0 Å². The maximum absolute atomic E-state index is 14.5. The number of halogens is 2. The molecule has 1 aliphatic rings. The first-order chi connectivity index (χ1) is 14.5. The van der Waals surface area contributed by atoms with E-state index in [0.717, 1.165) is 17.4 Å². The number of aromatic nitrogens is 2. The first kappa shape index (κ1) is 21.8. The highest BCUT2D eigenvalue weighted by molar-refractivity contribution is 7.79. The summed E-state index contributed by atoms with van der Waals surface area (Å²) in [5.74, 6) is 0.0505. The zero-order valence-corrected chi connectivity index (χ0v) is 17.8. The smallest absolute Gasteiger partial charge is 0.227 e. The van der Waals surface area contributed by atoms with Gasteiger partial charge in [0.05, 0.1) is 18.9 Å². The van der Waals surface area contributed by atoms with Gasteiger partial charge in [0, 0.05) is 29.8 Å². The lowest BCUT2D eigenvalue weighted by Gasteiger charge is -2.19. The van der Waals surface area contributed by atoms with E-state index in [0.29, 0.717) is 17.7 Å². The third-order valence-electron chi connectivity index (χ3n) is 4.37. The van der Waals surface area contributed by atoms with E-state index in [1.807, 2.05) is 32.0 Å². The van der Waals surface area contributed by atoms with Gasteiger partial charge in [0.25, 0.3) is 0 Å². The number of anilines is 2. The lowest BCUT2D eigenvalue weighted by molar-refractivity contribution is 0.177. The zero-order valence-electron chi connectivity index (χ0n) is 16.9. The van der Waals surface area contributed by atoms with Gasteiger partial charge >= 0.3 is 0 Å². The number of hydrogen-bond donors (Lipinski definition) is 2. The number of benzene rings is 2. The third-order valence-corrected chi connectivity index (χ3v) is 4.37. The molecule has 1 atom stereocenters. The Morgan fingerprint density at radius 2 is 1.93 bits per heavy atom. The molecule has 0 amide bonds. The van der Waals surface area contributed by atoms with Crippen LogP contribution in [0.1, 0.15) is 18.9 Å². The molecule has 8 heteroatoms. The molecule has 158 valence electrons. The molecule has 0 radical (unpaired) electrons. The average molecular weight is 432 g/mol. The Bertz CT molecular complexity index is 1030. The number of rotatable bonds is 0. The van der Waals surface area contributed by atoms with Crippen LogP contribution in [-0.4, -0.2) is 28.9 Å². The molecule has 0 saturated heterocycles. The van der Waals surface area contributed by atoms with Crippen LogP contribution in [0.5, 0.6) is 11.5 Å². The first-order valence-corrected chi connectivity index (χ1v) is 10.3. The third kappa shape index (κ3) is 5.18. The van der Waals surface area contributed by atoms with E-state index in [9.17, 15) is 8.78 Å². The normalized spacial score (nSPS) is 15.2. The molecule has 0 unspecified atom stereocenters. The van der Waals surface area contributed by atoms with Crippen molar-refractivity contribution in [2.24, 2.45) is 0 Å². The van der Waals surface area contributed by atoms with Crippen molar-refractivity contribution < 1.29 is 18.3 Å². The maximum Gasteiger partial charge on any atom is 0.227 e. The summed E-state index contributed by atoms with van der Waals surface area (Å²) in [6, 6.07) is 9.62. The molecule has 0 spiro atoms. The highest BCUT2D eigenvalue weighted by atomic mass is 32.1. The molecule has 1 aromatic heterocycles. The molecule has 0 fully saturated rings. The van der Waals surface area contributed by atoms with E-state index in [1.54, 1.807) is 6.26 Å². The fraction of sp³-hybridized carbons (Fsp3) is 0.273. The molecule has 0 saturated carbocycles. The fourth-order valence-electron chi connectivity index (χ4n) is 3.07. The van der Waals surface area contributed by atoms with Crippen molar-refractivity contribution in [2.45, 2.75) is 26.4 Å². The van der Waals surface area contributed by atoms with E-state index in [4.69, 9.17) is 9.47 Å². The maximum atomic E-state index is 14.5. The van der Waals surface area contributed by atoms with E-state index in [-0.39, 0.29) is 30.1 Å². The van der Waals surface area contributed by atoms with Gasteiger partial charge in [0.1, 0.15) is 23.0 Å². The molecule has 1 N–H and O–H groups in total. The second-order valence-electron chi connectivity index (χ2n) is 6.76. The number of nitrogens with zero attached hydrogens (tertiary/aromatic N) is 2. The first-order valence-electron chi connectivity index (χ1n) is 9.43.